The van der Waals surface area contributed by atoms with E-state index in [4.69, 9.17) is 0 Å². The normalized spacial score (nSPS) is 18.9. The summed E-state index contributed by atoms with van der Waals surface area (Å²) in [6.45, 7) is 4.01. The Bertz CT molecular complexity index is 212. The van der Waals surface area contributed by atoms with Crippen molar-refractivity contribution in [2.45, 2.75) is 51.9 Å². The summed E-state index contributed by atoms with van der Waals surface area (Å²) in [6, 6.07) is 0. The van der Waals surface area contributed by atoms with Gasteiger partial charge in [0, 0.05) is 13.0 Å². The monoisotopic (exact) mass is 240 g/mol. The molecule has 1 saturated carbocycles. The van der Waals surface area contributed by atoms with Gasteiger partial charge in [0.25, 0.3) is 0 Å². The van der Waals surface area contributed by atoms with Crippen LogP contribution < -0.4 is 10.6 Å². The van der Waals surface area contributed by atoms with Gasteiger partial charge in [-0.05, 0) is 31.8 Å². The first kappa shape index (κ1) is 14.5. The molecule has 17 heavy (non-hydrogen) atoms. The van der Waals surface area contributed by atoms with Gasteiger partial charge in [0.1, 0.15) is 0 Å². The van der Waals surface area contributed by atoms with E-state index in [0.717, 1.165) is 25.4 Å². The first-order valence-electron chi connectivity index (χ1n) is 7.15. The number of amides is 1. The number of rotatable bonds is 7. The van der Waals surface area contributed by atoms with Crippen molar-refractivity contribution < 1.29 is 4.79 Å². The molecule has 3 heteroatoms. The van der Waals surface area contributed by atoms with Gasteiger partial charge in [-0.15, -0.1) is 0 Å². The summed E-state index contributed by atoms with van der Waals surface area (Å²) in [7, 11) is 1.94. The summed E-state index contributed by atoms with van der Waals surface area (Å²) in [4.78, 5) is 11.7. The molecule has 0 aromatic rings. The maximum absolute atomic E-state index is 11.7. The van der Waals surface area contributed by atoms with E-state index in [9.17, 15) is 4.79 Å². The highest BCUT2D eigenvalue weighted by atomic mass is 16.1. The van der Waals surface area contributed by atoms with Crippen molar-refractivity contribution in [3.63, 3.8) is 0 Å². The largest absolute Gasteiger partial charge is 0.356 e. The van der Waals surface area contributed by atoms with Crippen LogP contribution in [0.5, 0.6) is 0 Å². The quantitative estimate of drug-likeness (QED) is 0.671. The van der Waals surface area contributed by atoms with E-state index in [-0.39, 0.29) is 5.91 Å². The fourth-order valence-electron chi connectivity index (χ4n) is 2.73. The van der Waals surface area contributed by atoms with Crippen LogP contribution in [0.2, 0.25) is 0 Å². The molecule has 0 aromatic carbocycles. The predicted octanol–water partition coefficient (Wildman–Crippen LogP) is 2.32. The van der Waals surface area contributed by atoms with Crippen LogP contribution >= 0.6 is 0 Å². The topological polar surface area (TPSA) is 41.1 Å². The highest BCUT2D eigenvalue weighted by Gasteiger charge is 2.21. The summed E-state index contributed by atoms with van der Waals surface area (Å²) in [5.74, 6) is 1.57. The highest BCUT2D eigenvalue weighted by molar-refractivity contribution is 5.76. The number of hydrogen-bond acceptors (Lipinski definition) is 2. The van der Waals surface area contributed by atoms with E-state index < -0.39 is 0 Å². The molecular weight excluding hydrogens is 212 g/mol. The maximum Gasteiger partial charge on any atom is 0.220 e. The second-order valence-corrected chi connectivity index (χ2v) is 5.39. The van der Waals surface area contributed by atoms with Gasteiger partial charge in [-0.1, -0.05) is 39.0 Å². The van der Waals surface area contributed by atoms with E-state index >= 15 is 0 Å². The molecule has 100 valence electrons. The van der Waals surface area contributed by atoms with Crippen LogP contribution in [-0.2, 0) is 4.79 Å². The van der Waals surface area contributed by atoms with Crippen molar-refractivity contribution in [1.29, 1.82) is 0 Å². The molecule has 1 aliphatic rings. The molecule has 0 saturated heterocycles. The Morgan fingerprint density at radius 3 is 2.59 bits per heavy atom. The van der Waals surface area contributed by atoms with Crippen molar-refractivity contribution in [3.05, 3.63) is 0 Å². The van der Waals surface area contributed by atoms with Crippen molar-refractivity contribution in [2.75, 3.05) is 20.1 Å². The lowest BCUT2D eigenvalue weighted by molar-refractivity contribution is -0.122. The van der Waals surface area contributed by atoms with E-state index in [1.54, 1.807) is 0 Å². The second-order valence-electron chi connectivity index (χ2n) is 5.39. The highest BCUT2D eigenvalue weighted by Crippen LogP contribution is 2.31. The molecule has 1 unspecified atom stereocenters. The standard InChI is InChI=1S/C14H28N2O/c1-12(13-7-4-3-5-8-13)11-14(17)16-10-6-9-15-2/h12-13,15H,3-11H2,1-2H3,(H,16,17). The SMILES string of the molecule is CNCCCNC(=O)CC(C)C1CCCCC1. The fraction of sp³-hybridized carbons (Fsp3) is 0.929. The molecule has 1 fully saturated rings. The molecular formula is C14H28N2O. The molecule has 0 spiro atoms. The van der Waals surface area contributed by atoms with Crippen LogP contribution in [0.4, 0.5) is 0 Å². The van der Waals surface area contributed by atoms with Gasteiger partial charge < -0.3 is 10.6 Å². The van der Waals surface area contributed by atoms with Gasteiger partial charge >= 0.3 is 0 Å². The number of carbonyl (C=O) groups excluding carboxylic acids is 1. The van der Waals surface area contributed by atoms with Gasteiger partial charge in [0.05, 0.1) is 0 Å². The Morgan fingerprint density at radius 1 is 1.24 bits per heavy atom. The van der Waals surface area contributed by atoms with Gasteiger partial charge in [-0.2, -0.15) is 0 Å². The zero-order valence-corrected chi connectivity index (χ0v) is 11.4. The Morgan fingerprint density at radius 2 is 1.94 bits per heavy atom. The number of nitrogens with one attached hydrogen (secondary N) is 2. The average molecular weight is 240 g/mol. The maximum atomic E-state index is 11.7. The van der Waals surface area contributed by atoms with Crippen molar-refractivity contribution in [2.24, 2.45) is 11.8 Å². The predicted molar refractivity (Wildman–Crippen MR) is 71.9 cm³/mol. The first-order chi connectivity index (χ1) is 8.24. The second kappa shape index (κ2) is 8.51. The first-order valence-corrected chi connectivity index (χ1v) is 7.15. The van der Waals surface area contributed by atoms with E-state index in [0.29, 0.717) is 12.3 Å². The Hall–Kier alpha value is -0.570. The van der Waals surface area contributed by atoms with Crippen LogP contribution in [0.25, 0.3) is 0 Å². The fourth-order valence-corrected chi connectivity index (χ4v) is 2.73. The molecule has 0 radical (unpaired) electrons. The summed E-state index contributed by atoms with van der Waals surface area (Å²) in [5, 5.41) is 6.09. The smallest absolute Gasteiger partial charge is 0.220 e. The number of hydrogen-bond donors (Lipinski definition) is 2. The summed E-state index contributed by atoms with van der Waals surface area (Å²) in [6.07, 6.45) is 8.49. The molecule has 0 heterocycles. The van der Waals surface area contributed by atoms with Crippen LogP contribution in [0.15, 0.2) is 0 Å². The van der Waals surface area contributed by atoms with Crippen LogP contribution in [0, 0.1) is 11.8 Å². The lowest BCUT2D eigenvalue weighted by Gasteiger charge is -2.27. The average Bonchev–Trinajstić information content (AvgIpc) is 2.36. The van der Waals surface area contributed by atoms with E-state index in [2.05, 4.69) is 17.6 Å². The lowest BCUT2D eigenvalue weighted by atomic mass is 9.79. The molecule has 1 amide bonds. The third-order valence-electron chi connectivity index (χ3n) is 3.89. The van der Waals surface area contributed by atoms with Crippen molar-refractivity contribution in [1.82, 2.24) is 10.6 Å². The number of carbonyl (C=O) groups is 1. The minimum atomic E-state index is 0.235. The van der Waals surface area contributed by atoms with Gasteiger partial charge in [-0.3, -0.25) is 4.79 Å². The molecule has 1 aliphatic carbocycles. The van der Waals surface area contributed by atoms with Gasteiger partial charge in [-0.25, -0.2) is 0 Å². The molecule has 1 rings (SSSR count). The third-order valence-corrected chi connectivity index (χ3v) is 3.89. The minimum Gasteiger partial charge on any atom is -0.356 e. The Kier molecular flexibility index (Phi) is 7.25. The Labute approximate surface area is 106 Å². The molecule has 0 aromatic heterocycles. The minimum absolute atomic E-state index is 0.235. The van der Waals surface area contributed by atoms with E-state index in [1.807, 2.05) is 7.05 Å². The third kappa shape index (κ3) is 6.06. The summed E-state index contributed by atoms with van der Waals surface area (Å²) in [5.41, 5.74) is 0. The van der Waals surface area contributed by atoms with Gasteiger partial charge in [0.2, 0.25) is 5.91 Å². The zero-order chi connectivity index (χ0) is 12.5. The van der Waals surface area contributed by atoms with Crippen molar-refractivity contribution >= 4 is 5.91 Å². The molecule has 0 aliphatic heterocycles. The molecule has 1 atom stereocenters. The van der Waals surface area contributed by atoms with Crippen molar-refractivity contribution in [3.8, 4) is 0 Å². The zero-order valence-electron chi connectivity index (χ0n) is 11.4. The van der Waals surface area contributed by atoms with Crippen LogP contribution in [0.1, 0.15) is 51.9 Å². The molecule has 2 N–H and O–H groups in total. The summed E-state index contributed by atoms with van der Waals surface area (Å²) < 4.78 is 0. The summed E-state index contributed by atoms with van der Waals surface area (Å²) >= 11 is 0. The van der Waals surface area contributed by atoms with Crippen LogP contribution in [0.3, 0.4) is 0 Å². The van der Waals surface area contributed by atoms with Gasteiger partial charge in [0.15, 0.2) is 0 Å². The Balaban J connectivity index is 2.11. The van der Waals surface area contributed by atoms with E-state index in [1.165, 1.54) is 32.1 Å². The van der Waals surface area contributed by atoms with Crippen LogP contribution in [-0.4, -0.2) is 26.0 Å². The molecule has 0 bridgehead atoms. The molecule has 3 nitrogen and oxygen atoms in total. The lowest BCUT2D eigenvalue weighted by Crippen LogP contribution is -2.29.